The van der Waals surface area contributed by atoms with Crippen molar-refractivity contribution in [2.75, 3.05) is 0 Å². The number of rotatable bonds is 1. The molecule has 2 aromatic carbocycles. The van der Waals surface area contributed by atoms with Gasteiger partial charge in [-0.05, 0) is 36.8 Å². The van der Waals surface area contributed by atoms with Crippen LogP contribution in [0.4, 0.5) is 0 Å². The highest BCUT2D eigenvalue weighted by atomic mass is 79.9. The largest absolute Gasteiger partial charge is 0.335 e. The van der Waals surface area contributed by atoms with Crippen LogP contribution >= 0.6 is 27.5 Å². The minimum absolute atomic E-state index is 0.373. The summed E-state index contributed by atoms with van der Waals surface area (Å²) in [6, 6.07) is 10.4. The molecule has 0 radical (unpaired) electrons. The summed E-state index contributed by atoms with van der Waals surface area (Å²) in [6.45, 7) is 1.85. The molecular formula is C16H12BrClN2O2. The van der Waals surface area contributed by atoms with Gasteiger partial charge in [-0.15, -0.1) is 0 Å². The van der Waals surface area contributed by atoms with Crippen LogP contribution < -0.4 is 11.2 Å². The molecule has 1 heterocycles. The Morgan fingerprint density at radius 3 is 2.50 bits per heavy atom. The third-order valence-corrected chi connectivity index (χ3v) is 4.88. The average Bonchev–Trinajstić information content (AvgIpc) is 2.49. The molecule has 4 nitrogen and oxygen atoms in total. The standard InChI is InChI=1S/C16H12BrClN2O2/c1-9-11(17)6-4-8-13(9)20-15(21)10-5-3-7-12(18)14(10)19(2)16(20)22/h3-8H,1-2H3. The summed E-state index contributed by atoms with van der Waals surface area (Å²) < 4.78 is 3.42. The number of hydrogen-bond donors (Lipinski definition) is 0. The summed E-state index contributed by atoms with van der Waals surface area (Å²) in [4.78, 5) is 25.5. The molecule has 3 aromatic rings. The van der Waals surface area contributed by atoms with Crippen LogP contribution in [-0.4, -0.2) is 9.13 Å². The number of aromatic nitrogens is 2. The molecule has 0 bridgehead atoms. The molecule has 0 aliphatic carbocycles. The van der Waals surface area contributed by atoms with E-state index in [1.165, 1.54) is 9.13 Å². The maximum absolute atomic E-state index is 12.8. The smallest absolute Gasteiger partial charge is 0.294 e. The molecule has 6 heteroatoms. The Labute approximate surface area is 139 Å². The van der Waals surface area contributed by atoms with Crippen LogP contribution in [-0.2, 0) is 7.05 Å². The van der Waals surface area contributed by atoms with Crippen LogP contribution in [0.3, 0.4) is 0 Å². The zero-order chi connectivity index (χ0) is 16.0. The fraction of sp³-hybridized carbons (Fsp3) is 0.125. The monoisotopic (exact) mass is 378 g/mol. The first kappa shape index (κ1) is 15.1. The third kappa shape index (κ3) is 2.12. The van der Waals surface area contributed by atoms with Gasteiger partial charge >= 0.3 is 5.69 Å². The van der Waals surface area contributed by atoms with Crippen molar-refractivity contribution in [1.82, 2.24) is 9.13 Å². The van der Waals surface area contributed by atoms with Gasteiger partial charge in [0.25, 0.3) is 5.56 Å². The van der Waals surface area contributed by atoms with Crippen LogP contribution in [0.2, 0.25) is 5.02 Å². The Morgan fingerprint density at radius 2 is 1.77 bits per heavy atom. The van der Waals surface area contributed by atoms with Gasteiger partial charge in [0.15, 0.2) is 0 Å². The van der Waals surface area contributed by atoms with E-state index in [-0.39, 0.29) is 5.56 Å². The summed E-state index contributed by atoms with van der Waals surface area (Å²) >= 11 is 9.57. The van der Waals surface area contributed by atoms with Crippen molar-refractivity contribution >= 4 is 38.4 Å². The Kier molecular flexibility index (Phi) is 3.70. The maximum Gasteiger partial charge on any atom is 0.335 e. The quantitative estimate of drug-likeness (QED) is 0.650. The molecule has 0 aliphatic heterocycles. The minimum atomic E-state index is -0.424. The fourth-order valence-electron chi connectivity index (χ4n) is 2.53. The lowest BCUT2D eigenvalue weighted by Crippen LogP contribution is -2.38. The molecule has 0 saturated carbocycles. The van der Waals surface area contributed by atoms with Gasteiger partial charge in [0.05, 0.1) is 21.6 Å². The molecule has 1 aromatic heterocycles. The summed E-state index contributed by atoms with van der Waals surface area (Å²) in [6.07, 6.45) is 0. The van der Waals surface area contributed by atoms with Gasteiger partial charge in [-0.3, -0.25) is 9.36 Å². The number of halogens is 2. The molecule has 22 heavy (non-hydrogen) atoms. The Balaban J connectivity index is 2.55. The number of hydrogen-bond acceptors (Lipinski definition) is 2. The number of fused-ring (bicyclic) bond motifs is 1. The molecule has 0 unspecified atom stereocenters. The Bertz CT molecular complexity index is 1020. The molecule has 0 atom stereocenters. The summed E-state index contributed by atoms with van der Waals surface area (Å²) in [5, 5.41) is 0.793. The highest BCUT2D eigenvalue weighted by Crippen LogP contribution is 2.23. The Hall–Kier alpha value is -1.85. The lowest BCUT2D eigenvalue weighted by molar-refractivity contribution is 0.771. The molecular weight excluding hydrogens is 368 g/mol. The zero-order valence-corrected chi connectivity index (χ0v) is 14.3. The third-order valence-electron chi connectivity index (χ3n) is 3.71. The van der Waals surface area contributed by atoms with E-state index in [1.54, 1.807) is 37.4 Å². The van der Waals surface area contributed by atoms with Crippen molar-refractivity contribution in [1.29, 1.82) is 0 Å². The van der Waals surface area contributed by atoms with E-state index >= 15 is 0 Å². The first-order valence-electron chi connectivity index (χ1n) is 6.59. The van der Waals surface area contributed by atoms with E-state index < -0.39 is 5.69 Å². The molecule has 0 spiro atoms. The lowest BCUT2D eigenvalue weighted by atomic mass is 10.2. The second kappa shape index (κ2) is 5.41. The van der Waals surface area contributed by atoms with E-state index in [9.17, 15) is 9.59 Å². The van der Waals surface area contributed by atoms with Gasteiger partial charge in [0.1, 0.15) is 0 Å². The summed E-state index contributed by atoms with van der Waals surface area (Å²) in [5.41, 5.74) is 1.03. The van der Waals surface area contributed by atoms with E-state index in [2.05, 4.69) is 15.9 Å². The van der Waals surface area contributed by atoms with Crippen molar-refractivity contribution in [2.24, 2.45) is 7.05 Å². The number of aryl methyl sites for hydroxylation is 1. The zero-order valence-electron chi connectivity index (χ0n) is 11.9. The molecule has 0 fully saturated rings. The highest BCUT2D eigenvalue weighted by Gasteiger charge is 2.16. The molecule has 0 amide bonds. The second-order valence-electron chi connectivity index (χ2n) is 5.00. The van der Waals surface area contributed by atoms with Gasteiger partial charge in [-0.25, -0.2) is 9.36 Å². The molecule has 0 aliphatic rings. The van der Waals surface area contributed by atoms with Crippen LogP contribution in [0.1, 0.15) is 5.56 Å². The number of nitrogens with zero attached hydrogens (tertiary/aromatic N) is 2. The van der Waals surface area contributed by atoms with Gasteiger partial charge in [0, 0.05) is 11.5 Å². The predicted molar refractivity (Wildman–Crippen MR) is 92.2 cm³/mol. The van der Waals surface area contributed by atoms with E-state index in [1.807, 2.05) is 13.0 Å². The van der Waals surface area contributed by atoms with Crippen molar-refractivity contribution in [3.8, 4) is 5.69 Å². The van der Waals surface area contributed by atoms with Gasteiger partial charge < -0.3 is 0 Å². The van der Waals surface area contributed by atoms with Crippen molar-refractivity contribution in [3.05, 3.63) is 72.3 Å². The SMILES string of the molecule is Cc1c(Br)cccc1-n1c(=O)c2cccc(Cl)c2n(C)c1=O. The number of benzene rings is 2. The van der Waals surface area contributed by atoms with Crippen LogP contribution in [0, 0.1) is 6.92 Å². The Morgan fingerprint density at radius 1 is 1.09 bits per heavy atom. The van der Waals surface area contributed by atoms with Crippen LogP contribution in [0.25, 0.3) is 16.6 Å². The second-order valence-corrected chi connectivity index (χ2v) is 6.26. The topological polar surface area (TPSA) is 44.0 Å². The summed E-state index contributed by atoms with van der Waals surface area (Å²) in [7, 11) is 1.61. The maximum atomic E-state index is 12.8. The first-order chi connectivity index (χ1) is 10.4. The van der Waals surface area contributed by atoms with E-state index in [0.717, 1.165) is 10.0 Å². The highest BCUT2D eigenvalue weighted by molar-refractivity contribution is 9.10. The van der Waals surface area contributed by atoms with Crippen LogP contribution in [0.15, 0.2) is 50.5 Å². The normalized spacial score (nSPS) is 11.1. The van der Waals surface area contributed by atoms with Gasteiger partial charge in [-0.2, -0.15) is 0 Å². The molecule has 0 saturated heterocycles. The minimum Gasteiger partial charge on any atom is -0.294 e. The van der Waals surface area contributed by atoms with E-state index in [4.69, 9.17) is 11.6 Å². The molecule has 0 N–H and O–H groups in total. The predicted octanol–water partition coefficient (Wildman–Crippen LogP) is 3.41. The van der Waals surface area contributed by atoms with E-state index in [0.29, 0.717) is 21.6 Å². The van der Waals surface area contributed by atoms with Crippen molar-refractivity contribution < 1.29 is 0 Å². The molecule has 112 valence electrons. The fourth-order valence-corrected chi connectivity index (χ4v) is 3.19. The van der Waals surface area contributed by atoms with Gasteiger partial charge in [0.2, 0.25) is 0 Å². The van der Waals surface area contributed by atoms with Crippen molar-refractivity contribution in [2.45, 2.75) is 6.92 Å². The lowest BCUT2D eigenvalue weighted by Gasteiger charge is -2.14. The number of para-hydroxylation sites is 1. The first-order valence-corrected chi connectivity index (χ1v) is 7.76. The molecule has 3 rings (SSSR count). The van der Waals surface area contributed by atoms with Gasteiger partial charge in [-0.1, -0.05) is 39.7 Å². The van der Waals surface area contributed by atoms with Crippen molar-refractivity contribution in [3.63, 3.8) is 0 Å². The summed E-state index contributed by atoms with van der Waals surface area (Å²) in [5.74, 6) is 0. The average molecular weight is 380 g/mol. The van der Waals surface area contributed by atoms with Crippen LogP contribution in [0.5, 0.6) is 0 Å².